The molecule has 0 heterocycles. The van der Waals surface area contributed by atoms with Crippen LogP contribution in [-0.2, 0) is 30.3 Å². The molecule has 0 aliphatic heterocycles. The van der Waals surface area contributed by atoms with Crippen LogP contribution in [0.1, 0.15) is 78.1 Å². The third-order valence-electron chi connectivity index (χ3n) is 6.34. The molecule has 0 aromatic heterocycles. The summed E-state index contributed by atoms with van der Waals surface area (Å²) in [5.74, 6) is -2.37. The molecule has 10 heteroatoms. The van der Waals surface area contributed by atoms with E-state index in [-0.39, 0.29) is 6.42 Å². The zero-order valence-corrected chi connectivity index (χ0v) is 27.3. The number of carbonyl (C=O) groups is 4. The molecule has 0 radical (unpaired) electrons. The second kappa shape index (κ2) is 15.4. The molecular formula is C34H46N4O6. The van der Waals surface area contributed by atoms with Gasteiger partial charge in [-0.1, -0.05) is 74.0 Å². The summed E-state index contributed by atoms with van der Waals surface area (Å²) in [6.07, 6.45) is -0.658. The number of aryl methyl sites for hydroxylation is 1. The molecule has 0 saturated heterocycles. The minimum atomic E-state index is -1.30. The molecule has 44 heavy (non-hydrogen) atoms. The van der Waals surface area contributed by atoms with E-state index in [0.29, 0.717) is 5.56 Å². The van der Waals surface area contributed by atoms with Crippen LogP contribution >= 0.6 is 0 Å². The Labute approximate surface area is 261 Å². The van der Waals surface area contributed by atoms with Gasteiger partial charge in [-0.05, 0) is 65.5 Å². The van der Waals surface area contributed by atoms with E-state index in [0.717, 1.165) is 16.0 Å². The van der Waals surface area contributed by atoms with Gasteiger partial charge in [0, 0.05) is 6.42 Å². The number of amides is 3. The summed E-state index contributed by atoms with van der Waals surface area (Å²) in [6, 6.07) is 14.7. The highest BCUT2D eigenvalue weighted by atomic mass is 16.6. The van der Waals surface area contributed by atoms with Gasteiger partial charge in [0.05, 0.1) is 6.07 Å². The second-order valence-corrected chi connectivity index (χ2v) is 13.1. The lowest BCUT2D eigenvalue weighted by atomic mass is 9.97. The van der Waals surface area contributed by atoms with Crippen molar-refractivity contribution in [3.63, 3.8) is 0 Å². The third-order valence-corrected chi connectivity index (χ3v) is 6.34. The monoisotopic (exact) mass is 606 g/mol. The van der Waals surface area contributed by atoms with Gasteiger partial charge in [0.15, 0.2) is 0 Å². The van der Waals surface area contributed by atoms with Crippen molar-refractivity contribution < 1.29 is 28.7 Å². The molecule has 0 bridgehead atoms. The second-order valence-electron chi connectivity index (χ2n) is 13.1. The highest BCUT2D eigenvalue weighted by Crippen LogP contribution is 2.25. The Morgan fingerprint density at radius 3 is 2.02 bits per heavy atom. The van der Waals surface area contributed by atoms with Gasteiger partial charge in [0.25, 0.3) is 0 Å². The Balaban J connectivity index is 2.57. The topological polar surface area (TPSA) is 138 Å². The Bertz CT molecular complexity index is 1340. The van der Waals surface area contributed by atoms with Gasteiger partial charge in [-0.2, -0.15) is 5.26 Å². The van der Waals surface area contributed by atoms with Crippen LogP contribution in [-0.4, -0.2) is 58.6 Å². The van der Waals surface area contributed by atoms with Gasteiger partial charge in [-0.3, -0.25) is 9.59 Å². The van der Waals surface area contributed by atoms with E-state index in [1.807, 2.05) is 49.4 Å². The maximum absolute atomic E-state index is 14.2. The van der Waals surface area contributed by atoms with Crippen molar-refractivity contribution in [2.45, 2.75) is 98.1 Å². The van der Waals surface area contributed by atoms with Crippen molar-refractivity contribution in [3.8, 4) is 6.07 Å². The first-order valence-electron chi connectivity index (χ1n) is 14.7. The average Bonchev–Trinajstić information content (AvgIpc) is 2.89. The van der Waals surface area contributed by atoms with Gasteiger partial charge in [0.2, 0.25) is 11.8 Å². The normalized spacial score (nSPS) is 13.6. The SMILES string of the molecule is Cc1cccc(C(C(=O)NC(Cc2ccccc2)C(=O)OC(C)(C)C)N(CC#N)C(=O)C(NC(=O)OC(C)(C)C)C(C)C)c1. The number of benzene rings is 2. The number of nitrogens with one attached hydrogen (secondary N) is 2. The summed E-state index contributed by atoms with van der Waals surface area (Å²) >= 11 is 0. The number of alkyl carbamates (subject to hydrolysis) is 1. The number of esters is 1. The van der Waals surface area contributed by atoms with Crippen molar-refractivity contribution in [3.05, 3.63) is 71.3 Å². The molecule has 2 rings (SSSR count). The van der Waals surface area contributed by atoms with Crippen LogP contribution in [0.15, 0.2) is 54.6 Å². The fraction of sp³-hybridized carbons (Fsp3) is 0.500. The molecule has 238 valence electrons. The van der Waals surface area contributed by atoms with Crippen LogP contribution in [0.2, 0.25) is 0 Å². The molecule has 10 nitrogen and oxygen atoms in total. The van der Waals surface area contributed by atoms with Crippen molar-refractivity contribution in [1.82, 2.24) is 15.5 Å². The van der Waals surface area contributed by atoms with Gasteiger partial charge >= 0.3 is 12.1 Å². The number of rotatable bonds is 11. The maximum atomic E-state index is 14.2. The lowest BCUT2D eigenvalue weighted by Crippen LogP contribution is -2.56. The van der Waals surface area contributed by atoms with Crippen LogP contribution in [0, 0.1) is 24.2 Å². The lowest BCUT2D eigenvalue weighted by Gasteiger charge is -2.35. The first-order chi connectivity index (χ1) is 20.4. The van der Waals surface area contributed by atoms with Crippen LogP contribution in [0.3, 0.4) is 0 Å². The first-order valence-corrected chi connectivity index (χ1v) is 14.7. The van der Waals surface area contributed by atoms with E-state index < -0.39 is 65.7 Å². The van der Waals surface area contributed by atoms with Crippen molar-refractivity contribution in [2.75, 3.05) is 6.54 Å². The van der Waals surface area contributed by atoms with Crippen LogP contribution < -0.4 is 10.6 Å². The largest absolute Gasteiger partial charge is 0.458 e. The number of hydrogen-bond donors (Lipinski definition) is 2. The number of nitrogens with zero attached hydrogens (tertiary/aromatic N) is 2. The van der Waals surface area contributed by atoms with Gasteiger partial charge in [0.1, 0.15) is 35.9 Å². The quantitative estimate of drug-likeness (QED) is 0.271. The Kier molecular flexibility index (Phi) is 12.5. The smallest absolute Gasteiger partial charge is 0.408 e. The zero-order valence-electron chi connectivity index (χ0n) is 27.3. The molecule has 2 N–H and O–H groups in total. The molecule has 0 aliphatic rings. The van der Waals surface area contributed by atoms with E-state index in [9.17, 15) is 24.4 Å². The lowest BCUT2D eigenvalue weighted by molar-refractivity contribution is -0.159. The van der Waals surface area contributed by atoms with Gasteiger partial charge in [-0.15, -0.1) is 0 Å². The standard InChI is InChI=1S/C34H46N4O6/c1-22(2)27(37-32(42)44-34(7,8)9)30(40)38(19-18-35)28(25-17-13-14-23(3)20-25)29(39)36-26(31(41)43-33(4,5)6)21-24-15-11-10-12-16-24/h10-17,20,22,26-28H,19,21H2,1-9H3,(H,36,39)(H,37,42). The van der Waals surface area contributed by atoms with Crippen LogP contribution in [0.4, 0.5) is 4.79 Å². The molecule has 0 aliphatic carbocycles. The fourth-order valence-corrected chi connectivity index (χ4v) is 4.48. The number of nitriles is 1. The molecular weight excluding hydrogens is 560 g/mol. The van der Waals surface area contributed by atoms with E-state index in [4.69, 9.17) is 9.47 Å². The minimum Gasteiger partial charge on any atom is -0.458 e. The summed E-state index contributed by atoms with van der Waals surface area (Å²) in [5, 5.41) is 15.2. The zero-order chi connectivity index (χ0) is 33.2. The maximum Gasteiger partial charge on any atom is 0.408 e. The first kappa shape index (κ1) is 35.8. The summed E-state index contributed by atoms with van der Waals surface area (Å²) in [7, 11) is 0. The molecule has 0 spiro atoms. The predicted molar refractivity (Wildman–Crippen MR) is 167 cm³/mol. The molecule has 3 atom stereocenters. The van der Waals surface area contributed by atoms with Gasteiger partial charge < -0.3 is 25.0 Å². The summed E-state index contributed by atoms with van der Waals surface area (Å²) in [5.41, 5.74) is 0.439. The third kappa shape index (κ3) is 11.4. The molecule has 3 unspecified atom stereocenters. The minimum absolute atomic E-state index is 0.142. The summed E-state index contributed by atoms with van der Waals surface area (Å²) in [6.45, 7) is 15.2. The van der Waals surface area contributed by atoms with Crippen molar-refractivity contribution in [1.29, 1.82) is 5.26 Å². The molecule has 2 aromatic carbocycles. The number of hydrogen-bond acceptors (Lipinski definition) is 7. The summed E-state index contributed by atoms with van der Waals surface area (Å²) in [4.78, 5) is 55.5. The van der Waals surface area contributed by atoms with E-state index in [1.54, 1.807) is 73.6 Å². The molecule has 0 saturated carbocycles. The van der Waals surface area contributed by atoms with E-state index in [1.165, 1.54) is 0 Å². The Hall–Kier alpha value is -4.39. The molecule has 3 amide bonds. The molecule has 0 fully saturated rings. The van der Waals surface area contributed by atoms with Gasteiger partial charge in [-0.25, -0.2) is 9.59 Å². The van der Waals surface area contributed by atoms with E-state index in [2.05, 4.69) is 10.6 Å². The Morgan fingerprint density at radius 1 is 0.886 bits per heavy atom. The van der Waals surface area contributed by atoms with Crippen molar-refractivity contribution >= 4 is 23.9 Å². The highest BCUT2D eigenvalue weighted by molar-refractivity contribution is 5.94. The number of carbonyl (C=O) groups excluding carboxylic acids is 4. The summed E-state index contributed by atoms with van der Waals surface area (Å²) < 4.78 is 11.0. The number of ether oxygens (including phenoxy) is 2. The van der Waals surface area contributed by atoms with Crippen LogP contribution in [0.25, 0.3) is 0 Å². The van der Waals surface area contributed by atoms with Crippen LogP contribution in [0.5, 0.6) is 0 Å². The average molecular weight is 607 g/mol. The predicted octanol–water partition coefficient (Wildman–Crippen LogP) is 5.01. The molecule has 2 aromatic rings. The van der Waals surface area contributed by atoms with Crippen molar-refractivity contribution in [2.24, 2.45) is 5.92 Å². The van der Waals surface area contributed by atoms with E-state index >= 15 is 0 Å². The fourth-order valence-electron chi connectivity index (χ4n) is 4.48. The Morgan fingerprint density at radius 2 is 1.50 bits per heavy atom. The highest BCUT2D eigenvalue weighted by Gasteiger charge is 2.39.